The van der Waals surface area contributed by atoms with Crippen molar-refractivity contribution >= 4 is 0 Å². The topological polar surface area (TPSA) is 24.1 Å². The summed E-state index contributed by atoms with van der Waals surface area (Å²) in [5, 5.41) is 6.93. The molecule has 1 aromatic carbocycles. The molecule has 0 radical (unpaired) electrons. The molecule has 2 heteroatoms. The molecule has 1 fully saturated rings. The Bertz CT molecular complexity index is 527. The van der Waals surface area contributed by atoms with Crippen LogP contribution in [0, 0.1) is 11.3 Å². The van der Waals surface area contributed by atoms with Crippen molar-refractivity contribution < 1.29 is 0 Å². The molecule has 0 saturated heterocycles. The molecule has 0 aromatic heterocycles. The second-order valence-corrected chi connectivity index (χ2v) is 8.45. The normalized spacial score (nSPS) is 27.9. The number of likely N-dealkylation sites (N-methyl/N-ethyl adjacent to an activating group) is 1. The van der Waals surface area contributed by atoms with E-state index in [-0.39, 0.29) is 0 Å². The highest BCUT2D eigenvalue weighted by atomic mass is 14.9. The van der Waals surface area contributed by atoms with E-state index in [1.54, 1.807) is 16.7 Å². The van der Waals surface area contributed by atoms with Crippen molar-refractivity contribution in [2.24, 2.45) is 11.3 Å². The van der Waals surface area contributed by atoms with Crippen LogP contribution in [0.1, 0.15) is 56.2 Å². The third-order valence-corrected chi connectivity index (χ3v) is 6.58. The number of nitrogens with one attached hydrogen (secondary N) is 2. The molecule has 2 aliphatic carbocycles. The van der Waals surface area contributed by atoms with Crippen molar-refractivity contribution in [1.82, 2.24) is 10.6 Å². The van der Waals surface area contributed by atoms with Crippen molar-refractivity contribution in [3.8, 4) is 0 Å². The summed E-state index contributed by atoms with van der Waals surface area (Å²) >= 11 is 0. The van der Waals surface area contributed by atoms with Gasteiger partial charge in [0, 0.05) is 12.1 Å². The van der Waals surface area contributed by atoms with Gasteiger partial charge >= 0.3 is 0 Å². The molecular formula is C21H34N2. The number of fused-ring (bicyclic) bond motifs is 1. The molecule has 128 valence electrons. The second kappa shape index (κ2) is 6.94. The van der Waals surface area contributed by atoms with Crippen LogP contribution in [0.15, 0.2) is 18.2 Å². The Morgan fingerprint density at radius 3 is 2.30 bits per heavy atom. The van der Waals surface area contributed by atoms with Gasteiger partial charge in [0.2, 0.25) is 0 Å². The maximum Gasteiger partial charge on any atom is 0.0145 e. The highest BCUT2D eigenvalue weighted by molar-refractivity contribution is 5.40. The average Bonchev–Trinajstić information content (AvgIpc) is 2.99. The Kier molecular flexibility index (Phi) is 5.13. The molecule has 1 unspecified atom stereocenters. The number of hydrogen-bond donors (Lipinski definition) is 2. The predicted octanol–water partition coefficient (Wildman–Crippen LogP) is 3.72. The van der Waals surface area contributed by atoms with E-state index in [4.69, 9.17) is 0 Å². The van der Waals surface area contributed by atoms with Gasteiger partial charge in [-0.3, -0.25) is 0 Å². The first kappa shape index (κ1) is 17.0. The third kappa shape index (κ3) is 3.64. The highest BCUT2D eigenvalue weighted by Crippen LogP contribution is 2.41. The zero-order valence-corrected chi connectivity index (χ0v) is 15.4. The smallest absolute Gasteiger partial charge is 0.0145 e. The van der Waals surface area contributed by atoms with Gasteiger partial charge in [-0.1, -0.05) is 32.0 Å². The zero-order valence-electron chi connectivity index (χ0n) is 15.4. The van der Waals surface area contributed by atoms with Crippen LogP contribution >= 0.6 is 0 Å². The lowest BCUT2D eigenvalue weighted by Crippen LogP contribution is -2.36. The Hall–Kier alpha value is -0.860. The maximum absolute atomic E-state index is 3.47. The van der Waals surface area contributed by atoms with Crippen LogP contribution in [0.3, 0.4) is 0 Å². The minimum absolute atomic E-state index is 0.408. The van der Waals surface area contributed by atoms with Gasteiger partial charge in [-0.15, -0.1) is 0 Å². The molecule has 0 heterocycles. The summed E-state index contributed by atoms with van der Waals surface area (Å²) in [6, 6.07) is 8.39. The molecule has 2 N–H and O–H groups in total. The quantitative estimate of drug-likeness (QED) is 0.865. The molecule has 0 spiro atoms. The lowest BCUT2D eigenvalue weighted by molar-refractivity contribution is 0.143. The van der Waals surface area contributed by atoms with E-state index in [0.717, 1.165) is 12.0 Å². The number of hydrogen-bond acceptors (Lipinski definition) is 2. The van der Waals surface area contributed by atoms with Gasteiger partial charge in [-0.25, -0.2) is 0 Å². The average molecular weight is 315 g/mol. The molecule has 2 aliphatic rings. The van der Waals surface area contributed by atoms with Crippen LogP contribution in [-0.2, 0) is 19.3 Å². The van der Waals surface area contributed by atoms with Gasteiger partial charge in [0.15, 0.2) is 0 Å². The summed E-state index contributed by atoms with van der Waals surface area (Å²) in [6.45, 7) is 5.00. The largest absolute Gasteiger partial charge is 0.317 e. The fourth-order valence-electron chi connectivity index (χ4n) is 4.89. The van der Waals surface area contributed by atoms with Gasteiger partial charge in [0.1, 0.15) is 0 Å². The van der Waals surface area contributed by atoms with E-state index < -0.39 is 0 Å². The fraction of sp³-hybridized carbons (Fsp3) is 0.714. The van der Waals surface area contributed by atoms with Crippen LogP contribution in [0.2, 0.25) is 0 Å². The molecule has 0 amide bonds. The Balaban J connectivity index is 1.71. The Labute approximate surface area is 142 Å². The minimum atomic E-state index is 0.408. The summed E-state index contributed by atoms with van der Waals surface area (Å²) in [4.78, 5) is 0. The van der Waals surface area contributed by atoms with E-state index in [9.17, 15) is 0 Å². The van der Waals surface area contributed by atoms with Gasteiger partial charge in [-0.05, 0) is 87.1 Å². The van der Waals surface area contributed by atoms with Crippen molar-refractivity contribution in [3.05, 3.63) is 34.9 Å². The molecule has 3 rings (SSSR count). The summed E-state index contributed by atoms with van der Waals surface area (Å²) in [5.74, 6) is 0.865. The molecule has 2 nitrogen and oxygen atoms in total. The molecule has 0 bridgehead atoms. The first-order chi connectivity index (χ1) is 11.0. The lowest BCUT2D eigenvalue weighted by Gasteiger charge is -2.40. The van der Waals surface area contributed by atoms with Gasteiger partial charge in [0.05, 0.1) is 0 Å². The van der Waals surface area contributed by atoms with Gasteiger partial charge in [0.25, 0.3) is 0 Å². The van der Waals surface area contributed by atoms with Crippen molar-refractivity contribution in [1.29, 1.82) is 0 Å². The molecule has 1 atom stereocenters. The highest BCUT2D eigenvalue weighted by Gasteiger charge is 2.34. The number of rotatable bonds is 5. The zero-order chi connectivity index (χ0) is 16.4. The van der Waals surface area contributed by atoms with E-state index in [0.29, 0.717) is 11.5 Å². The second-order valence-electron chi connectivity index (χ2n) is 8.45. The fourth-order valence-corrected chi connectivity index (χ4v) is 4.89. The van der Waals surface area contributed by atoms with Crippen molar-refractivity contribution in [3.63, 3.8) is 0 Å². The van der Waals surface area contributed by atoms with E-state index in [2.05, 4.69) is 56.8 Å². The summed E-state index contributed by atoms with van der Waals surface area (Å²) in [5.41, 5.74) is 5.24. The van der Waals surface area contributed by atoms with E-state index in [1.165, 1.54) is 44.9 Å². The standard InChI is InChI=1S/C21H34N2/c1-21(2,17-8-10-18(22-3)11-9-17)14-16-7-5-6-15-12-19(23-4)13-20(15)16/h5-7,17-19,22-23H,8-14H2,1-4H3. The SMILES string of the molecule is CNC1CCC(C(C)(C)Cc2cccc3c2CC(NC)C3)CC1. The number of benzene rings is 1. The molecule has 0 aliphatic heterocycles. The first-order valence-electron chi connectivity index (χ1n) is 9.47. The van der Waals surface area contributed by atoms with Crippen LogP contribution in [0.4, 0.5) is 0 Å². The Morgan fingerprint density at radius 1 is 0.957 bits per heavy atom. The van der Waals surface area contributed by atoms with Crippen LogP contribution in [0.5, 0.6) is 0 Å². The summed E-state index contributed by atoms with van der Waals surface area (Å²) < 4.78 is 0. The van der Waals surface area contributed by atoms with Gasteiger partial charge in [-0.2, -0.15) is 0 Å². The summed E-state index contributed by atoms with van der Waals surface area (Å²) in [6.07, 6.45) is 9.11. The molecule has 1 aromatic rings. The molecule has 1 saturated carbocycles. The van der Waals surface area contributed by atoms with Gasteiger partial charge < -0.3 is 10.6 Å². The van der Waals surface area contributed by atoms with Crippen LogP contribution < -0.4 is 10.6 Å². The minimum Gasteiger partial charge on any atom is -0.317 e. The lowest BCUT2D eigenvalue weighted by atomic mass is 9.67. The maximum atomic E-state index is 3.47. The van der Waals surface area contributed by atoms with Crippen LogP contribution in [-0.4, -0.2) is 26.2 Å². The molecule has 23 heavy (non-hydrogen) atoms. The van der Waals surface area contributed by atoms with E-state index >= 15 is 0 Å². The first-order valence-corrected chi connectivity index (χ1v) is 9.47. The summed E-state index contributed by atoms with van der Waals surface area (Å²) in [7, 11) is 4.21. The van der Waals surface area contributed by atoms with Crippen LogP contribution in [0.25, 0.3) is 0 Å². The monoisotopic (exact) mass is 314 g/mol. The molecular weight excluding hydrogens is 280 g/mol. The predicted molar refractivity (Wildman–Crippen MR) is 99.0 cm³/mol. The van der Waals surface area contributed by atoms with Crippen molar-refractivity contribution in [2.45, 2.75) is 70.9 Å². The van der Waals surface area contributed by atoms with E-state index in [1.807, 2.05) is 0 Å². The Morgan fingerprint density at radius 2 is 1.65 bits per heavy atom. The van der Waals surface area contributed by atoms with Crippen molar-refractivity contribution in [2.75, 3.05) is 14.1 Å². The third-order valence-electron chi connectivity index (χ3n) is 6.58.